The molecular formula is C14H14N4O4. The normalized spacial score (nSPS) is 16.5. The van der Waals surface area contributed by atoms with Crippen LogP contribution in [0.1, 0.15) is 17.4 Å². The Labute approximate surface area is 125 Å². The number of rotatable bonds is 3. The van der Waals surface area contributed by atoms with Crippen molar-refractivity contribution in [3.63, 3.8) is 0 Å². The first-order chi connectivity index (χ1) is 10.5. The van der Waals surface area contributed by atoms with Gasteiger partial charge in [0.25, 0.3) is 0 Å². The summed E-state index contributed by atoms with van der Waals surface area (Å²) in [4.78, 5) is 15.4. The van der Waals surface area contributed by atoms with Crippen LogP contribution >= 0.6 is 0 Å². The van der Waals surface area contributed by atoms with E-state index in [9.17, 15) is 15.0 Å². The fourth-order valence-electron chi connectivity index (χ4n) is 2.39. The Bertz CT molecular complexity index is 781. The number of aromatic hydroxyl groups is 1. The zero-order valence-corrected chi connectivity index (χ0v) is 11.9. The lowest BCUT2D eigenvalue weighted by atomic mass is 10.0. The van der Waals surface area contributed by atoms with Crippen LogP contribution in [-0.4, -0.2) is 38.1 Å². The molecule has 0 saturated heterocycles. The molecule has 1 aliphatic heterocycles. The fraction of sp³-hybridized carbons (Fsp3) is 0.214. The zero-order valence-electron chi connectivity index (χ0n) is 11.9. The van der Waals surface area contributed by atoms with E-state index in [1.807, 2.05) is 0 Å². The van der Waals surface area contributed by atoms with Gasteiger partial charge in [-0.3, -0.25) is 0 Å². The van der Waals surface area contributed by atoms with Crippen molar-refractivity contribution in [1.82, 2.24) is 14.8 Å². The van der Waals surface area contributed by atoms with E-state index in [4.69, 9.17) is 4.74 Å². The molecule has 0 amide bonds. The van der Waals surface area contributed by atoms with Crippen LogP contribution in [0.4, 0.5) is 5.95 Å². The van der Waals surface area contributed by atoms with Crippen LogP contribution in [0.3, 0.4) is 0 Å². The van der Waals surface area contributed by atoms with Crippen LogP contribution in [0.15, 0.2) is 30.0 Å². The van der Waals surface area contributed by atoms with Crippen molar-refractivity contribution in [2.75, 3.05) is 12.4 Å². The SMILES string of the molecule is COc1cccc(C2C=C(C(=O)O)Nc3nc(C)nn32)c1O. The third-order valence-electron chi connectivity index (χ3n) is 3.37. The number of benzene rings is 1. The number of phenolic OH excluding ortho intramolecular Hbond substituents is 1. The Kier molecular flexibility index (Phi) is 3.21. The van der Waals surface area contributed by atoms with Crippen molar-refractivity contribution in [3.05, 3.63) is 41.4 Å². The van der Waals surface area contributed by atoms with Gasteiger partial charge in [0.1, 0.15) is 17.6 Å². The number of carboxylic acids is 1. The minimum absolute atomic E-state index is 0.0212. The third kappa shape index (κ3) is 2.14. The van der Waals surface area contributed by atoms with Crippen molar-refractivity contribution >= 4 is 11.9 Å². The standard InChI is InChI=1S/C14H14N4O4/c1-7-15-14-16-9(13(20)21)6-10(18(14)17-7)8-4-3-5-11(22-2)12(8)19/h3-6,10,19H,1-2H3,(H,20,21)(H,15,16,17). The summed E-state index contributed by atoms with van der Waals surface area (Å²) in [5.41, 5.74) is 0.456. The molecule has 0 saturated carbocycles. The molecule has 0 fully saturated rings. The number of aromatic nitrogens is 3. The van der Waals surface area contributed by atoms with E-state index >= 15 is 0 Å². The van der Waals surface area contributed by atoms with Gasteiger partial charge in [-0.15, -0.1) is 0 Å². The first-order valence-corrected chi connectivity index (χ1v) is 6.52. The number of fused-ring (bicyclic) bond motifs is 1. The number of carboxylic acid groups (broad SMARTS) is 1. The van der Waals surface area contributed by atoms with E-state index in [-0.39, 0.29) is 11.4 Å². The molecule has 22 heavy (non-hydrogen) atoms. The predicted octanol–water partition coefficient (Wildman–Crippen LogP) is 1.28. The second kappa shape index (κ2) is 5.06. The molecule has 2 heterocycles. The number of phenols is 1. The first kappa shape index (κ1) is 13.9. The van der Waals surface area contributed by atoms with Crippen LogP contribution in [0.2, 0.25) is 0 Å². The van der Waals surface area contributed by atoms with Gasteiger partial charge in [-0.05, 0) is 19.1 Å². The van der Waals surface area contributed by atoms with Crippen molar-refractivity contribution in [2.45, 2.75) is 13.0 Å². The van der Waals surface area contributed by atoms with Gasteiger partial charge in [-0.2, -0.15) is 10.1 Å². The molecule has 3 rings (SSSR count). The maximum atomic E-state index is 11.3. The summed E-state index contributed by atoms with van der Waals surface area (Å²) in [7, 11) is 1.45. The fourth-order valence-corrected chi connectivity index (χ4v) is 2.39. The van der Waals surface area contributed by atoms with Gasteiger partial charge in [-0.25, -0.2) is 9.48 Å². The number of aryl methyl sites for hydroxylation is 1. The number of para-hydroxylation sites is 1. The van der Waals surface area contributed by atoms with Crippen molar-refractivity contribution < 1.29 is 19.7 Å². The van der Waals surface area contributed by atoms with Gasteiger partial charge in [0.15, 0.2) is 11.5 Å². The lowest BCUT2D eigenvalue weighted by Crippen LogP contribution is -2.24. The van der Waals surface area contributed by atoms with E-state index in [1.165, 1.54) is 17.9 Å². The number of ether oxygens (including phenoxy) is 1. The Morgan fingerprint density at radius 3 is 2.91 bits per heavy atom. The van der Waals surface area contributed by atoms with Crippen LogP contribution < -0.4 is 10.1 Å². The first-order valence-electron chi connectivity index (χ1n) is 6.52. The summed E-state index contributed by atoms with van der Waals surface area (Å²) in [6, 6.07) is 4.42. The number of hydrogen-bond donors (Lipinski definition) is 3. The molecule has 1 aromatic heterocycles. The highest BCUT2D eigenvalue weighted by Gasteiger charge is 2.28. The van der Waals surface area contributed by atoms with E-state index in [2.05, 4.69) is 15.4 Å². The molecule has 114 valence electrons. The minimum atomic E-state index is -1.11. The predicted molar refractivity (Wildman–Crippen MR) is 76.9 cm³/mol. The van der Waals surface area contributed by atoms with Crippen molar-refractivity contribution in [3.8, 4) is 11.5 Å². The summed E-state index contributed by atoms with van der Waals surface area (Å²) in [6.45, 7) is 1.70. The molecule has 1 unspecified atom stereocenters. The van der Waals surface area contributed by atoms with Gasteiger partial charge in [-0.1, -0.05) is 12.1 Å². The highest BCUT2D eigenvalue weighted by atomic mass is 16.5. The number of hydrogen-bond acceptors (Lipinski definition) is 6. The molecule has 1 aliphatic rings. The number of carbonyl (C=O) groups is 1. The maximum Gasteiger partial charge on any atom is 0.352 e. The summed E-state index contributed by atoms with van der Waals surface area (Å²) in [5, 5.41) is 26.5. The number of nitrogens with zero attached hydrogens (tertiary/aromatic N) is 3. The average molecular weight is 302 g/mol. The molecule has 3 N–H and O–H groups in total. The largest absolute Gasteiger partial charge is 0.504 e. The number of allylic oxidation sites excluding steroid dienone is 1. The maximum absolute atomic E-state index is 11.3. The van der Waals surface area contributed by atoms with Crippen molar-refractivity contribution in [1.29, 1.82) is 0 Å². The molecular weight excluding hydrogens is 288 g/mol. The number of anilines is 1. The molecule has 8 nitrogen and oxygen atoms in total. The Hall–Kier alpha value is -3.03. The minimum Gasteiger partial charge on any atom is -0.504 e. The van der Waals surface area contributed by atoms with Gasteiger partial charge in [0.05, 0.1) is 7.11 Å². The van der Waals surface area contributed by atoms with Gasteiger partial charge in [0, 0.05) is 5.56 Å². The second-order valence-electron chi connectivity index (χ2n) is 4.78. The van der Waals surface area contributed by atoms with Crippen LogP contribution in [-0.2, 0) is 4.79 Å². The average Bonchev–Trinajstić information content (AvgIpc) is 2.86. The Morgan fingerprint density at radius 2 is 2.23 bits per heavy atom. The lowest BCUT2D eigenvalue weighted by molar-refractivity contribution is -0.132. The van der Waals surface area contributed by atoms with E-state index < -0.39 is 12.0 Å². The van der Waals surface area contributed by atoms with E-state index in [0.29, 0.717) is 23.1 Å². The molecule has 0 radical (unpaired) electrons. The highest BCUT2D eigenvalue weighted by molar-refractivity contribution is 5.90. The molecule has 0 bridgehead atoms. The highest BCUT2D eigenvalue weighted by Crippen LogP contribution is 2.38. The van der Waals surface area contributed by atoms with E-state index in [1.54, 1.807) is 25.1 Å². The van der Waals surface area contributed by atoms with Crippen LogP contribution in [0.5, 0.6) is 11.5 Å². The summed E-state index contributed by atoms with van der Waals surface area (Å²) >= 11 is 0. The van der Waals surface area contributed by atoms with Crippen LogP contribution in [0, 0.1) is 6.92 Å². The molecule has 8 heteroatoms. The number of aliphatic carboxylic acids is 1. The van der Waals surface area contributed by atoms with Gasteiger partial charge < -0.3 is 20.3 Å². The number of nitrogens with one attached hydrogen (secondary N) is 1. The third-order valence-corrected chi connectivity index (χ3v) is 3.37. The van der Waals surface area contributed by atoms with Gasteiger partial charge >= 0.3 is 5.97 Å². The Balaban J connectivity index is 2.18. The van der Waals surface area contributed by atoms with Crippen LogP contribution in [0.25, 0.3) is 0 Å². The van der Waals surface area contributed by atoms with Gasteiger partial charge in [0.2, 0.25) is 5.95 Å². The molecule has 1 atom stereocenters. The second-order valence-corrected chi connectivity index (χ2v) is 4.78. The molecule has 0 spiro atoms. The number of methoxy groups -OCH3 is 1. The summed E-state index contributed by atoms with van der Waals surface area (Å²) in [5.74, 6) is -0.0597. The van der Waals surface area contributed by atoms with Crippen molar-refractivity contribution in [2.24, 2.45) is 0 Å². The summed E-state index contributed by atoms with van der Waals surface area (Å²) < 4.78 is 6.62. The quantitative estimate of drug-likeness (QED) is 0.783. The molecule has 1 aromatic carbocycles. The summed E-state index contributed by atoms with van der Waals surface area (Å²) in [6.07, 6.45) is 1.47. The zero-order chi connectivity index (χ0) is 15.9. The lowest BCUT2D eigenvalue weighted by Gasteiger charge is -2.23. The topological polar surface area (TPSA) is 110 Å². The Morgan fingerprint density at radius 1 is 1.45 bits per heavy atom. The smallest absolute Gasteiger partial charge is 0.352 e. The molecule has 0 aliphatic carbocycles. The molecule has 2 aromatic rings. The monoisotopic (exact) mass is 302 g/mol. The van der Waals surface area contributed by atoms with E-state index in [0.717, 1.165) is 0 Å².